The fourth-order valence-corrected chi connectivity index (χ4v) is 2.88. The van der Waals surface area contributed by atoms with E-state index in [4.69, 9.17) is 0 Å². The molecule has 2 heterocycles. The highest BCUT2D eigenvalue weighted by Gasteiger charge is 2.16. The summed E-state index contributed by atoms with van der Waals surface area (Å²) >= 11 is 3.45. The number of hydrogen-bond acceptors (Lipinski definition) is 3. The third-order valence-electron chi connectivity index (χ3n) is 3.29. The van der Waals surface area contributed by atoms with Crippen LogP contribution in [0.3, 0.4) is 0 Å². The lowest BCUT2D eigenvalue weighted by Gasteiger charge is -2.29. The number of nitrogens with zero attached hydrogens (tertiary/aromatic N) is 2. The van der Waals surface area contributed by atoms with Crippen molar-refractivity contribution < 1.29 is 0 Å². The summed E-state index contributed by atoms with van der Waals surface area (Å²) in [5.41, 5.74) is 1.22. The van der Waals surface area contributed by atoms with Gasteiger partial charge in [0.2, 0.25) is 0 Å². The second-order valence-corrected chi connectivity index (χ2v) is 5.74. The Kier molecular flexibility index (Phi) is 4.40. The van der Waals surface area contributed by atoms with E-state index < -0.39 is 0 Å². The van der Waals surface area contributed by atoms with E-state index in [-0.39, 0.29) is 0 Å². The van der Waals surface area contributed by atoms with Crippen LogP contribution in [0.1, 0.15) is 24.8 Å². The van der Waals surface area contributed by atoms with Crippen LogP contribution >= 0.6 is 15.9 Å². The van der Waals surface area contributed by atoms with Crippen molar-refractivity contribution in [2.75, 3.05) is 25.0 Å². The van der Waals surface area contributed by atoms with Crippen LogP contribution in [0, 0.1) is 6.92 Å². The standard InChI is InChI=1S/C13H20BrN3/c1-10-7-11(14)8-16-13(10)17(2)9-12-5-3-4-6-15-12/h7-8,12,15H,3-6,9H2,1-2H3. The average Bonchev–Trinajstić information content (AvgIpc) is 2.30. The van der Waals surface area contributed by atoms with Gasteiger partial charge in [-0.3, -0.25) is 0 Å². The maximum atomic E-state index is 4.49. The Bertz CT molecular complexity index is 375. The van der Waals surface area contributed by atoms with Crippen molar-refractivity contribution in [1.82, 2.24) is 10.3 Å². The highest BCUT2D eigenvalue weighted by Crippen LogP contribution is 2.20. The Balaban J connectivity index is 2.00. The van der Waals surface area contributed by atoms with Crippen molar-refractivity contribution in [1.29, 1.82) is 0 Å². The molecule has 1 fully saturated rings. The molecule has 1 atom stereocenters. The second kappa shape index (κ2) is 5.83. The summed E-state index contributed by atoms with van der Waals surface area (Å²) in [6.07, 6.45) is 5.81. The molecule has 1 aliphatic rings. The molecule has 94 valence electrons. The maximum absolute atomic E-state index is 4.49. The summed E-state index contributed by atoms with van der Waals surface area (Å²) in [6.45, 7) is 4.30. The number of hydrogen-bond donors (Lipinski definition) is 1. The van der Waals surface area contributed by atoms with Gasteiger partial charge in [-0.25, -0.2) is 4.98 Å². The number of halogens is 1. The Hall–Kier alpha value is -0.610. The normalized spacial score (nSPS) is 20.3. The molecular weight excluding hydrogens is 278 g/mol. The van der Waals surface area contributed by atoms with Crippen LogP contribution in [0.2, 0.25) is 0 Å². The third-order valence-corrected chi connectivity index (χ3v) is 3.72. The van der Waals surface area contributed by atoms with E-state index in [0.29, 0.717) is 6.04 Å². The first-order valence-corrected chi connectivity index (χ1v) is 7.03. The molecule has 0 amide bonds. The van der Waals surface area contributed by atoms with Gasteiger partial charge >= 0.3 is 0 Å². The van der Waals surface area contributed by atoms with E-state index in [2.05, 4.69) is 51.2 Å². The van der Waals surface area contributed by atoms with E-state index in [9.17, 15) is 0 Å². The molecule has 0 spiro atoms. The van der Waals surface area contributed by atoms with Crippen molar-refractivity contribution in [3.63, 3.8) is 0 Å². The first-order chi connectivity index (χ1) is 8.16. The second-order valence-electron chi connectivity index (χ2n) is 4.82. The first-order valence-electron chi connectivity index (χ1n) is 6.23. The number of aryl methyl sites for hydroxylation is 1. The highest BCUT2D eigenvalue weighted by molar-refractivity contribution is 9.10. The number of pyridine rings is 1. The molecule has 4 heteroatoms. The molecule has 1 aliphatic heterocycles. The number of anilines is 1. The number of aromatic nitrogens is 1. The molecule has 1 aromatic heterocycles. The van der Waals surface area contributed by atoms with E-state index in [1.54, 1.807) is 0 Å². The van der Waals surface area contributed by atoms with Gasteiger partial charge in [0.15, 0.2) is 0 Å². The van der Waals surface area contributed by atoms with Gasteiger partial charge in [-0.1, -0.05) is 6.42 Å². The Morgan fingerprint density at radius 1 is 1.53 bits per heavy atom. The van der Waals surface area contributed by atoms with Gasteiger partial charge in [0.1, 0.15) is 5.82 Å². The monoisotopic (exact) mass is 297 g/mol. The van der Waals surface area contributed by atoms with Crippen LogP contribution in [0.15, 0.2) is 16.7 Å². The average molecular weight is 298 g/mol. The molecule has 0 bridgehead atoms. The molecule has 0 saturated carbocycles. The van der Waals surface area contributed by atoms with E-state index in [1.807, 2.05) is 6.20 Å². The van der Waals surface area contributed by atoms with Gasteiger partial charge in [0.05, 0.1) is 0 Å². The minimum Gasteiger partial charge on any atom is -0.358 e. The predicted molar refractivity (Wildman–Crippen MR) is 75.6 cm³/mol. The molecule has 0 aromatic carbocycles. The molecule has 1 aromatic rings. The Morgan fingerprint density at radius 3 is 3.00 bits per heavy atom. The maximum Gasteiger partial charge on any atom is 0.131 e. The van der Waals surface area contributed by atoms with Crippen LogP contribution in [0.5, 0.6) is 0 Å². The van der Waals surface area contributed by atoms with E-state index in [1.165, 1.54) is 24.8 Å². The van der Waals surface area contributed by atoms with Gasteiger partial charge in [-0.05, 0) is 53.9 Å². The summed E-state index contributed by atoms with van der Waals surface area (Å²) in [7, 11) is 2.12. The van der Waals surface area contributed by atoms with E-state index >= 15 is 0 Å². The highest BCUT2D eigenvalue weighted by atomic mass is 79.9. The summed E-state index contributed by atoms with van der Waals surface area (Å²) in [6, 6.07) is 2.73. The van der Waals surface area contributed by atoms with Crippen molar-refractivity contribution >= 4 is 21.7 Å². The summed E-state index contributed by atoms with van der Waals surface area (Å²) in [5.74, 6) is 1.08. The predicted octanol–water partition coefficient (Wildman–Crippen LogP) is 2.73. The lowest BCUT2D eigenvalue weighted by molar-refractivity contribution is 0.403. The quantitative estimate of drug-likeness (QED) is 0.930. The topological polar surface area (TPSA) is 28.2 Å². The molecule has 0 aliphatic carbocycles. The zero-order valence-corrected chi connectivity index (χ0v) is 12.1. The fraction of sp³-hybridized carbons (Fsp3) is 0.615. The molecule has 0 radical (unpaired) electrons. The van der Waals surface area contributed by atoms with Crippen LogP contribution < -0.4 is 10.2 Å². The lowest BCUT2D eigenvalue weighted by atomic mass is 10.0. The smallest absolute Gasteiger partial charge is 0.131 e. The van der Waals surface area contributed by atoms with Gasteiger partial charge in [0, 0.05) is 30.3 Å². The third kappa shape index (κ3) is 3.42. The molecule has 2 rings (SSSR count). The number of rotatable bonds is 3. The largest absolute Gasteiger partial charge is 0.358 e. The van der Waals surface area contributed by atoms with Crippen molar-refractivity contribution in [3.05, 3.63) is 22.3 Å². The summed E-state index contributed by atoms with van der Waals surface area (Å²) in [4.78, 5) is 6.75. The zero-order chi connectivity index (χ0) is 12.3. The van der Waals surface area contributed by atoms with Crippen LogP contribution in [0.4, 0.5) is 5.82 Å². The minimum absolute atomic E-state index is 0.610. The summed E-state index contributed by atoms with van der Waals surface area (Å²) in [5, 5.41) is 3.57. The van der Waals surface area contributed by atoms with E-state index in [0.717, 1.165) is 23.4 Å². The van der Waals surface area contributed by atoms with Crippen LogP contribution in [0.25, 0.3) is 0 Å². The SMILES string of the molecule is Cc1cc(Br)cnc1N(C)CC1CCCCN1. The minimum atomic E-state index is 0.610. The molecule has 1 saturated heterocycles. The van der Waals surface area contributed by atoms with Crippen LogP contribution in [-0.2, 0) is 0 Å². The molecule has 1 unspecified atom stereocenters. The molecule has 1 N–H and O–H groups in total. The number of piperidine rings is 1. The molecule has 3 nitrogen and oxygen atoms in total. The first kappa shape index (κ1) is 12.8. The van der Waals surface area contributed by atoms with Crippen molar-refractivity contribution in [2.24, 2.45) is 0 Å². The molecule has 17 heavy (non-hydrogen) atoms. The zero-order valence-electron chi connectivity index (χ0n) is 10.5. The van der Waals surface area contributed by atoms with Gasteiger partial charge in [-0.2, -0.15) is 0 Å². The van der Waals surface area contributed by atoms with Gasteiger partial charge in [-0.15, -0.1) is 0 Å². The number of nitrogens with one attached hydrogen (secondary N) is 1. The Morgan fingerprint density at radius 2 is 2.35 bits per heavy atom. The van der Waals surface area contributed by atoms with Gasteiger partial charge < -0.3 is 10.2 Å². The van der Waals surface area contributed by atoms with Crippen LogP contribution in [-0.4, -0.2) is 31.2 Å². The van der Waals surface area contributed by atoms with Crippen molar-refractivity contribution in [3.8, 4) is 0 Å². The Labute approximate surface area is 112 Å². The molecular formula is C13H20BrN3. The van der Waals surface area contributed by atoms with Gasteiger partial charge in [0.25, 0.3) is 0 Å². The summed E-state index contributed by atoms with van der Waals surface area (Å²) < 4.78 is 1.04. The number of likely N-dealkylation sites (N-methyl/N-ethyl adjacent to an activating group) is 1. The fourth-order valence-electron chi connectivity index (χ4n) is 2.43. The van der Waals surface area contributed by atoms with Crippen molar-refractivity contribution in [2.45, 2.75) is 32.2 Å². The lowest BCUT2D eigenvalue weighted by Crippen LogP contribution is -2.42.